The van der Waals surface area contributed by atoms with Crippen LogP contribution in [0.2, 0.25) is 0 Å². The molecule has 1 aromatic heterocycles. The molecular formula is C13H20N2O3S. The van der Waals surface area contributed by atoms with E-state index in [1.165, 1.54) is 11.8 Å². The molecule has 0 saturated carbocycles. The van der Waals surface area contributed by atoms with Gasteiger partial charge in [0, 0.05) is 9.75 Å². The molecule has 1 unspecified atom stereocenters. The summed E-state index contributed by atoms with van der Waals surface area (Å²) in [5, 5.41) is 14.2. The van der Waals surface area contributed by atoms with Gasteiger partial charge in [0.1, 0.15) is 5.54 Å². The third-order valence-corrected chi connectivity index (χ3v) is 4.29. The highest BCUT2D eigenvalue weighted by atomic mass is 32.1. The lowest BCUT2D eigenvalue weighted by Crippen LogP contribution is -2.54. The molecule has 1 aromatic rings. The molecule has 1 rings (SSSR count). The summed E-state index contributed by atoms with van der Waals surface area (Å²) in [6.45, 7) is 5.71. The number of carbonyl (C=O) groups excluding carboxylic acids is 1. The molecule has 0 aromatic carbocycles. The number of nitrogens with one attached hydrogen (secondary N) is 2. The molecule has 0 aliphatic rings. The van der Waals surface area contributed by atoms with E-state index in [0.717, 1.165) is 11.3 Å². The number of amides is 2. The van der Waals surface area contributed by atoms with Crippen LogP contribution in [0.4, 0.5) is 4.79 Å². The SMILES string of the molecule is CCc1ccc(CNC(=O)NC(C)(CC)C(=O)O)s1. The Morgan fingerprint density at radius 2 is 1.95 bits per heavy atom. The van der Waals surface area contributed by atoms with Crippen LogP contribution >= 0.6 is 11.3 Å². The molecule has 6 heteroatoms. The quantitative estimate of drug-likeness (QED) is 0.750. The number of thiophene rings is 1. The number of aryl methyl sites for hydroxylation is 1. The second kappa shape index (κ2) is 6.56. The van der Waals surface area contributed by atoms with Gasteiger partial charge in [-0.15, -0.1) is 11.3 Å². The maximum atomic E-state index is 11.7. The molecule has 0 aliphatic carbocycles. The summed E-state index contributed by atoms with van der Waals surface area (Å²) in [5.74, 6) is -1.03. The van der Waals surface area contributed by atoms with Crippen molar-refractivity contribution in [1.29, 1.82) is 0 Å². The number of urea groups is 1. The molecule has 0 bridgehead atoms. The fraction of sp³-hybridized carbons (Fsp3) is 0.538. The standard InChI is InChI=1S/C13H20N2O3S/c1-4-9-6-7-10(19-9)8-14-12(18)15-13(3,5-2)11(16)17/h6-7H,4-5,8H2,1-3H3,(H,16,17)(H2,14,15,18). The first kappa shape index (κ1) is 15.5. The van der Waals surface area contributed by atoms with Gasteiger partial charge in [0.15, 0.2) is 0 Å². The molecule has 0 radical (unpaired) electrons. The van der Waals surface area contributed by atoms with Crippen LogP contribution in [0.25, 0.3) is 0 Å². The first-order valence-electron chi connectivity index (χ1n) is 6.28. The van der Waals surface area contributed by atoms with Gasteiger partial charge >= 0.3 is 12.0 Å². The minimum atomic E-state index is -1.23. The van der Waals surface area contributed by atoms with Crippen LogP contribution in [0.1, 0.15) is 36.9 Å². The molecule has 0 aliphatic heterocycles. The van der Waals surface area contributed by atoms with E-state index in [9.17, 15) is 9.59 Å². The van der Waals surface area contributed by atoms with Crippen LogP contribution < -0.4 is 10.6 Å². The summed E-state index contributed by atoms with van der Waals surface area (Å²) in [6, 6.07) is 3.55. The van der Waals surface area contributed by atoms with Crippen molar-refractivity contribution in [2.75, 3.05) is 0 Å². The summed E-state index contributed by atoms with van der Waals surface area (Å²) in [7, 11) is 0. The zero-order chi connectivity index (χ0) is 14.5. The minimum Gasteiger partial charge on any atom is -0.480 e. The Morgan fingerprint density at radius 1 is 1.32 bits per heavy atom. The Balaban J connectivity index is 2.49. The molecular weight excluding hydrogens is 264 g/mol. The predicted molar refractivity (Wildman–Crippen MR) is 75.4 cm³/mol. The van der Waals surface area contributed by atoms with Gasteiger partial charge in [0.25, 0.3) is 0 Å². The van der Waals surface area contributed by atoms with Crippen molar-refractivity contribution in [2.45, 2.75) is 45.7 Å². The third kappa shape index (κ3) is 4.24. The van der Waals surface area contributed by atoms with Gasteiger partial charge in [-0.3, -0.25) is 0 Å². The largest absolute Gasteiger partial charge is 0.480 e. The average Bonchev–Trinajstić information content (AvgIpc) is 2.84. The van der Waals surface area contributed by atoms with Gasteiger partial charge in [0.2, 0.25) is 0 Å². The monoisotopic (exact) mass is 284 g/mol. The molecule has 19 heavy (non-hydrogen) atoms. The molecule has 5 nitrogen and oxygen atoms in total. The number of hydrogen-bond acceptors (Lipinski definition) is 3. The summed E-state index contributed by atoms with van der Waals surface area (Å²) >= 11 is 1.65. The van der Waals surface area contributed by atoms with E-state index in [1.807, 2.05) is 12.1 Å². The third-order valence-electron chi connectivity index (χ3n) is 3.06. The van der Waals surface area contributed by atoms with Crippen molar-refractivity contribution in [2.24, 2.45) is 0 Å². The number of carboxylic acid groups (broad SMARTS) is 1. The van der Waals surface area contributed by atoms with Gasteiger partial charge < -0.3 is 15.7 Å². The Morgan fingerprint density at radius 3 is 2.42 bits per heavy atom. The van der Waals surface area contributed by atoms with E-state index in [2.05, 4.69) is 17.6 Å². The maximum Gasteiger partial charge on any atom is 0.329 e. The molecule has 0 spiro atoms. The van der Waals surface area contributed by atoms with Crippen LogP contribution in [0.5, 0.6) is 0 Å². The van der Waals surface area contributed by atoms with E-state index < -0.39 is 17.5 Å². The highest BCUT2D eigenvalue weighted by Gasteiger charge is 2.32. The Kier molecular flexibility index (Phi) is 5.35. The normalized spacial score (nSPS) is 13.6. The number of rotatable bonds is 6. The first-order chi connectivity index (χ1) is 8.91. The van der Waals surface area contributed by atoms with E-state index in [-0.39, 0.29) is 0 Å². The van der Waals surface area contributed by atoms with Crippen LogP contribution in [-0.2, 0) is 17.8 Å². The lowest BCUT2D eigenvalue weighted by atomic mass is 10.00. The zero-order valence-corrected chi connectivity index (χ0v) is 12.3. The summed E-state index contributed by atoms with van der Waals surface area (Å²) in [5.41, 5.74) is -1.23. The number of aliphatic carboxylic acids is 1. The van der Waals surface area contributed by atoms with E-state index in [1.54, 1.807) is 18.3 Å². The van der Waals surface area contributed by atoms with Gasteiger partial charge in [-0.1, -0.05) is 13.8 Å². The van der Waals surface area contributed by atoms with E-state index >= 15 is 0 Å². The Bertz CT molecular complexity index is 458. The smallest absolute Gasteiger partial charge is 0.329 e. The topological polar surface area (TPSA) is 78.4 Å². The predicted octanol–water partition coefficient (Wildman–Crippen LogP) is 2.36. The first-order valence-corrected chi connectivity index (χ1v) is 7.10. The second-order valence-corrected chi connectivity index (χ2v) is 5.77. The number of hydrogen-bond donors (Lipinski definition) is 3. The summed E-state index contributed by atoms with van der Waals surface area (Å²) in [4.78, 5) is 25.1. The van der Waals surface area contributed by atoms with E-state index in [0.29, 0.717) is 13.0 Å². The Hall–Kier alpha value is -1.56. The molecule has 106 valence electrons. The molecule has 0 saturated heterocycles. The average molecular weight is 284 g/mol. The van der Waals surface area contributed by atoms with Crippen molar-refractivity contribution in [3.63, 3.8) is 0 Å². The van der Waals surface area contributed by atoms with Gasteiger partial charge in [0.05, 0.1) is 6.54 Å². The number of carboxylic acids is 1. The number of carbonyl (C=O) groups is 2. The van der Waals surface area contributed by atoms with E-state index in [4.69, 9.17) is 5.11 Å². The zero-order valence-electron chi connectivity index (χ0n) is 11.4. The summed E-state index contributed by atoms with van der Waals surface area (Å²) < 4.78 is 0. The van der Waals surface area contributed by atoms with Crippen LogP contribution in [-0.4, -0.2) is 22.6 Å². The highest BCUT2D eigenvalue weighted by molar-refractivity contribution is 7.11. The van der Waals surface area contributed by atoms with Gasteiger partial charge in [-0.05, 0) is 31.9 Å². The highest BCUT2D eigenvalue weighted by Crippen LogP contribution is 2.16. The second-order valence-electron chi connectivity index (χ2n) is 4.52. The minimum absolute atomic E-state index is 0.328. The molecule has 0 fully saturated rings. The fourth-order valence-corrected chi connectivity index (χ4v) is 2.36. The van der Waals surface area contributed by atoms with Gasteiger partial charge in [-0.2, -0.15) is 0 Å². The maximum absolute atomic E-state index is 11.7. The van der Waals surface area contributed by atoms with Crippen molar-refractivity contribution in [3.8, 4) is 0 Å². The van der Waals surface area contributed by atoms with Crippen molar-refractivity contribution in [1.82, 2.24) is 10.6 Å². The lowest BCUT2D eigenvalue weighted by Gasteiger charge is -2.24. The molecule has 1 heterocycles. The van der Waals surface area contributed by atoms with Crippen LogP contribution in [0.15, 0.2) is 12.1 Å². The molecule has 2 amide bonds. The Labute approximate surface area is 117 Å². The fourth-order valence-electron chi connectivity index (χ4n) is 1.46. The molecule has 3 N–H and O–H groups in total. The van der Waals surface area contributed by atoms with Crippen LogP contribution in [0, 0.1) is 0 Å². The van der Waals surface area contributed by atoms with Crippen molar-refractivity contribution < 1.29 is 14.7 Å². The summed E-state index contributed by atoms with van der Waals surface area (Å²) in [6.07, 6.45) is 1.30. The molecule has 1 atom stereocenters. The van der Waals surface area contributed by atoms with Crippen molar-refractivity contribution in [3.05, 3.63) is 21.9 Å². The lowest BCUT2D eigenvalue weighted by molar-refractivity contribution is -0.143. The van der Waals surface area contributed by atoms with Crippen molar-refractivity contribution >= 4 is 23.3 Å². The van der Waals surface area contributed by atoms with Gasteiger partial charge in [-0.25, -0.2) is 9.59 Å². The van der Waals surface area contributed by atoms with Crippen LogP contribution in [0.3, 0.4) is 0 Å².